The number of carbonyl (C=O) groups is 2. The lowest BCUT2D eigenvalue weighted by molar-refractivity contribution is -0.139. The maximum absolute atomic E-state index is 11.6. The van der Waals surface area contributed by atoms with E-state index in [-0.39, 0.29) is 12.2 Å². The van der Waals surface area contributed by atoms with Crippen LogP contribution >= 0.6 is 0 Å². The molecule has 21 heavy (non-hydrogen) atoms. The van der Waals surface area contributed by atoms with E-state index >= 15 is 0 Å². The van der Waals surface area contributed by atoms with Crippen molar-refractivity contribution in [2.75, 3.05) is 18.6 Å². The third-order valence-corrected chi connectivity index (χ3v) is 4.67. The van der Waals surface area contributed by atoms with Crippen molar-refractivity contribution in [1.29, 1.82) is 0 Å². The summed E-state index contributed by atoms with van der Waals surface area (Å²) in [7, 11) is -3.25. The number of hydrogen-bond donors (Lipinski definition) is 3. The Morgan fingerprint density at radius 1 is 1.29 bits per heavy atom. The second-order valence-corrected chi connectivity index (χ2v) is 7.91. The van der Waals surface area contributed by atoms with Gasteiger partial charge in [-0.3, -0.25) is 0 Å². The topological polar surface area (TPSA) is 113 Å². The van der Waals surface area contributed by atoms with Gasteiger partial charge in [-0.2, -0.15) is 0 Å². The largest absolute Gasteiger partial charge is 0.480 e. The number of sulfone groups is 1. The van der Waals surface area contributed by atoms with Gasteiger partial charge in [0, 0.05) is 12.8 Å². The van der Waals surface area contributed by atoms with Crippen LogP contribution in [0.5, 0.6) is 0 Å². The molecule has 0 aliphatic heterocycles. The fraction of sp³-hybridized carbons (Fsp3) is 0.846. The van der Waals surface area contributed by atoms with Gasteiger partial charge < -0.3 is 15.7 Å². The number of urea groups is 1. The van der Waals surface area contributed by atoms with Crippen molar-refractivity contribution in [2.24, 2.45) is 5.92 Å². The zero-order chi connectivity index (χ0) is 15.9. The van der Waals surface area contributed by atoms with Crippen LogP contribution in [0, 0.1) is 5.92 Å². The first-order chi connectivity index (χ1) is 9.78. The number of carboxylic acids is 1. The van der Waals surface area contributed by atoms with E-state index in [1.54, 1.807) is 0 Å². The van der Waals surface area contributed by atoms with E-state index < -0.39 is 27.9 Å². The highest BCUT2D eigenvalue weighted by Gasteiger charge is 2.21. The van der Waals surface area contributed by atoms with Crippen molar-refractivity contribution in [3.8, 4) is 0 Å². The summed E-state index contributed by atoms with van der Waals surface area (Å²) in [6.07, 6.45) is 6.66. The van der Waals surface area contributed by atoms with Crippen molar-refractivity contribution < 1.29 is 23.1 Å². The van der Waals surface area contributed by atoms with Crippen LogP contribution < -0.4 is 10.6 Å². The summed E-state index contributed by atoms with van der Waals surface area (Å²) in [5, 5.41) is 13.9. The molecule has 0 aromatic heterocycles. The molecule has 122 valence electrons. The summed E-state index contributed by atoms with van der Waals surface area (Å²) in [4.78, 5) is 22.6. The van der Waals surface area contributed by atoms with Crippen LogP contribution in [-0.4, -0.2) is 50.1 Å². The monoisotopic (exact) mass is 320 g/mol. The van der Waals surface area contributed by atoms with Crippen LogP contribution in [0.1, 0.15) is 38.5 Å². The first-order valence-electron chi connectivity index (χ1n) is 7.23. The van der Waals surface area contributed by atoms with Gasteiger partial charge in [0.05, 0.1) is 5.75 Å². The molecule has 8 heteroatoms. The lowest BCUT2D eigenvalue weighted by Gasteiger charge is -2.15. The fourth-order valence-electron chi connectivity index (χ4n) is 2.49. The molecule has 1 rings (SSSR count). The number of carboxylic acid groups (broad SMARTS) is 1. The van der Waals surface area contributed by atoms with Crippen LogP contribution in [0.25, 0.3) is 0 Å². The molecule has 3 N–H and O–H groups in total. The summed E-state index contributed by atoms with van der Waals surface area (Å²) in [6, 6.07) is -1.75. The zero-order valence-corrected chi connectivity index (χ0v) is 13.1. The number of rotatable bonds is 8. The molecule has 2 amide bonds. The van der Waals surface area contributed by atoms with Crippen molar-refractivity contribution in [3.05, 3.63) is 0 Å². The Morgan fingerprint density at radius 2 is 1.90 bits per heavy atom. The second kappa shape index (κ2) is 8.21. The Balaban J connectivity index is 2.29. The highest BCUT2D eigenvalue weighted by Crippen LogP contribution is 2.26. The van der Waals surface area contributed by atoms with Gasteiger partial charge in [-0.05, 0) is 18.8 Å². The van der Waals surface area contributed by atoms with Crippen LogP contribution in [-0.2, 0) is 14.6 Å². The van der Waals surface area contributed by atoms with Crippen molar-refractivity contribution in [2.45, 2.75) is 44.6 Å². The smallest absolute Gasteiger partial charge is 0.326 e. The van der Waals surface area contributed by atoms with Gasteiger partial charge in [0.15, 0.2) is 0 Å². The first-order valence-corrected chi connectivity index (χ1v) is 9.29. The number of aliphatic carboxylic acids is 1. The average molecular weight is 320 g/mol. The lowest BCUT2D eigenvalue weighted by Crippen LogP contribution is -2.47. The van der Waals surface area contributed by atoms with E-state index in [2.05, 4.69) is 10.6 Å². The SMILES string of the molecule is CS(=O)(=O)CCC(NC(=O)NCCC1CCCC1)C(=O)O. The average Bonchev–Trinajstić information content (AvgIpc) is 2.86. The minimum Gasteiger partial charge on any atom is -0.480 e. The van der Waals surface area contributed by atoms with Gasteiger partial charge in [-0.1, -0.05) is 25.7 Å². The van der Waals surface area contributed by atoms with Gasteiger partial charge in [0.1, 0.15) is 15.9 Å². The molecule has 0 aromatic carbocycles. The number of amides is 2. The molecule has 1 fully saturated rings. The molecule has 0 heterocycles. The highest BCUT2D eigenvalue weighted by atomic mass is 32.2. The van der Waals surface area contributed by atoms with Gasteiger partial charge in [-0.25, -0.2) is 18.0 Å². The third kappa shape index (κ3) is 7.89. The van der Waals surface area contributed by atoms with E-state index in [4.69, 9.17) is 5.11 Å². The molecule has 0 saturated heterocycles. The lowest BCUT2D eigenvalue weighted by atomic mass is 10.0. The van der Waals surface area contributed by atoms with Gasteiger partial charge >= 0.3 is 12.0 Å². The summed E-state index contributed by atoms with van der Waals surface area (Å²) in [6.45, 7) is 0.509. The normalized spacial score (nSPS) is 17.4. The van der Waals surface area contributed by atoms with Crippen LogP contribution in [0.2, 0.25) is 0 Å². The van der Waals surface area contributed by atoms with Crippen molar-refractivity contribution in [1.82, 2.24) is 10.6 Å². The standard InChI is InChI=1S/C13H24N2O5S/c1-21(19,20)9-7-11(12(16)17)15-13(18)14-8-6-10-4-2-3-5-10/h10-11H,2-9H2,1H3,(H,16,17)(H2,14,15,18). The quantitative estimate of drug-likeness (QED) is 0.611. The molecule has 1 aliphatic rings. The predicted octanol–water partition coefficient (Wildman–Crippen LogP) is 0.754. The minimum atomic E-state index is -3.25. The van der Waals surface area contributed by atoms with Gasteiger partial charge in [0.25, 0.3) is 0 Å². The van der Waals surface area contributed by atoms with E-state index in [1.807, 2.05) is 0 Å². The van der Waals surface area contributed by atoms with Crippen LogP contribution in [0.3, 0.4) is 0 Å². The molecule has 1 aliphatic carbocycles. The van der Waals surface area contributed by atoms with Gasteiger partial charge in [-0.15, -0.1) is 0 Å². The van der Waals surface area contributed by atoms with Gasteiger partial charge in [0.2, 0.25) is 0 Å². The molecule has 0 spiro atoms. The Hall–Kier alpha value is -1.31. The molecule has 1 unspecified atom stereocenters. The molecule has 0 bridgehead atoms. The summed E-state index contributed by atoms with van der Waals surface area (Å²) in [5.74, 6) is -0.859. The second-order valence-electron chi connectivity index (χ2n) is 5.65. The van der Waals surface area contributed by atoms with Crippen LogP contribution in [0.15, 0.2) is 0 Å². The van der Waals surface area contributed by atoms with E-state index in [9.17, 15) is 18.0 Å². The minimum absolute atomic E-state index is 0.135. The molecule has 0 radical (unpaired) electrons. The summed E-state index contributed by atoms with van der Waals surface area (Å²) >= 11 is 0. The Labute approximate surface area is 125 Å². The summed E-state index contributed by atoms with van der Waals surface area (Å²) in [5.41, 5.74) is 0. The van der Waals surface area contributed by atoms with Crippen molar-refractivity contribution >= 4 is 21.8 Å². The zero-order valence-electron chi connectivity index (χ0n) is 12.3. The molecule has 7 nitrogen and oxygen atoms in total. The maximum atomic E-state index is 11.6. The fourth-order valence-corrected chi connectivity index (χ4v) is 3.15. The Morgan fingerprint density at radius 3 is 2.43 bits per heavy atom. The van der Waals surface area contributed by atoms with E-state index in [1.165, 1.54) is 25.7 Å². The molecular formula is C13H24N2O5S. The predicted molar refractivity (Wildman–Crippen MR) is 78.9 cm³/mol. The van der Waals surface area contributed by atoms with Crippen molar-refractivity contribution in [3.63, 3.8) is 0 Å². The maximum Gasteiger partial charge on any atom is 0.326 e. The number of carbonyl (C=O) groups excluding carboxylic acids is 1. The highest BCUT2D eigenvalue weighted by molar-refractivity contribution is 7.90. The van der Waals surface area contributed by atoms with Crippen LogP contribution in [0.4, 0.5) is 4.79 Å². The summed E-state index contributed by atoms with van der Waals surface area (Å²) < 4.78 is 22.1. The van der Waals surface area contributed by atoms with E-state index in [0.29, 0.717) is 12.5 Å². The molecule has 1 saturated carbocycles. The third-order valence-electron chi connectivity index (χ3n) is 3.69. The molecular weight excluding hydrogens is 296 g/mol. The number of nitrogens with one attached hydrogen (secondary N) is 2. The number of hydrogen-bond acceptors (Lipinski definition) is 4. The van der Waals surface area contributed by atoms with E-state index in [0.717, 1.165) is 12.7 Å². The first kappa shape index (κ1) is 17.7. The molecule has 0 aromatic rings. The molecule has 1 atom stereocenters. The Kier molecular flexibility index (Phi) is 6.94. The Bertz CT molecular complexity index is 457.